The van der Waals surface area contributed by atoms with Crippen LogP contribution in [-0.2, 0) is 0 Å². The molecule has 0 radical (unpaired) electrons. The Balaban J connectivity index is 3.09. The van der Waals surface area contributed by atoms with Gasteiger partial charge in [0.05, 0.1) is 5.56 Å². The second kappa shape index (κ2) is 3.36. The highest BCUT2D eigenvalue weighted by molar-refractivity contribution is 5.37. The molecule has 3 nitrogen and oxygen atoms in total. The summed E-state index contributed by atoms with van der Waals surface area (Å²) in [5, 5.41) is 16.5. The number of ether oxygens (including phenoxy) is 1. The highest BCUT2D eigenvalue weighted by atomic mass is 19.1. The summed E-state index contributed by atoms with van der Waals surface area (Å²) in [6, 6.07) is 5.15. The molecule has 1 rings (SSSR count). The monoisotopic (exact) mass is 162 g/mol. The van der Waals surface area contributed by atoms with Crippen molar-refractivity contribution >= 4 is 0 Å². The van der Waals surface area contributed by atoms with Gasteiger partial charge in [-0.3, -0.25) is 0 Å². The van der Waals surface area contributed by atoms with Crippen molar-refractivity contribution in [3.63, 3.8) is 0 Å². The van der Waals surface area contributed by atoms with E-state index in [0.717, 1.165) is 6.07 Å². The molecule has 0 heterocycles. The van der Waals surface area contributed by atoms with Crippen LogP contribution in [0.15, 0.2) is 18.2 Å². The molecule has 0 aliphatic rings. The largest absolute Gasteiger partial charge is 0.388 e. The molecule has 1 aromatic rings. The van der Waals surface area contributed by atoms with Crippen LogP contribution in [0.3, 0.4) is 0 Å². The van der Waals surface area contributed by atoms with Crippen molar-refractivity contribution in [2.45, 2.75) is 0 Å². The molecule has 0 fully saturated rings. The van der Waals surface area contributed by atoms with Crippen molar-refractivity contribution in [3.05, 3.63) is 29.6 Å². The normalized spacial score (nSPS) is 8.25. The van der Waals surface area contributed by atoms with Crippen molar-refractivity contribution in [1.82, 2.24) is 0 Å². The van der Waals surface area contributed by atoms with Gasteiger partial charge in [0.15, 0.2) is 0 Å². The van der Waals surface area contributed by atoms with Crippen molar-refractivity contribution < 1.29 is 9.13 Å². The van der Waals surface area contributed by atoms with Gasteiger partial charge in [0.1, 0.15) is 17.6 Å². The topological polar surface area (TPSA) is 56.8 Å². The van der Waals surface area contributed by atoms with Crippen LogP contribution in [0.5, 0.6) is 5.75 Å². The molecule has 0 atom stereocenters. The molecule has 0 aliphatic carbocycles. The maximum absolute atomic E-state index is 12.6. The number of nitrogens with zero attached hydrogens (tertiary/aromatic N) is 2. The lowest BCUT2D eigenvalue weighted by atomic mass is 10.2. The van der Waals surface area contributed by atoms with Gasteiger partial charge in [-0.05, 0) is 12.1 Å². The molecule has 0 aromatic heterocycles. The first-order valence-corrected chi connectivity index (χ1v) is 3.03. The Morgan fingerprint density at radius 2 is 2.08 bits per heavy atom. The summed E-state index contributed by atoms with van der Waals surface area (Å²) in [6.45, 7) is 0. The molecule has 0 spiro atoms. The molecule has 0 N–H and O–H groups in total. The van der Waals surface area contributed by atoms with Crippen LogP contribution in [0.25, 0.3) is 0 Å². The first-order chi connectivity index (χ1) is 5.77. The van der Waals surface area contributed by atoms with Crippen molar-refractivity contribution in [3.8, 4) is 18.1 Å². The van der Waals surface area contributed by atoms with Crippen LogP contribution in [-0.4, -0.2) is 0 Å². The summed E-state index contributed by atoms with van der Waals surface area (Å²) in [7, 11) is 0. The number of halogens is 1. The molecule has 12 heavy (non-hydrogen) atoms. The quantitative estimate of drug-likeness (QED) is 0.588. The number of nitriles is 2. The van der Waals surface area contributed by atoms with Crippen LogP contribution in [0.2, 0.25) is 0 Å². The van der Waals surface area contributed by atoms with Crippen LogP contribution < -0.4 is 4.74 Å². The van der Waals surface area contributed by atoms with Gasteiger partial charge in [0, 0.05) is 6.07 Å². The number of hydrogen-bond acceptors (Lipinski definition) is 3. The van der Waals surface area contributed by atoms with E-state index in [4.69, 9.17) is 10.5 Å². The fourth-order valence-corrected chi connectivity index (χ4v) is 0.706. The SMILES string of the molecule is N#COc1ccc(F)c(C#N)c1. The minimum Gasteiger partial charge on any atom is -0.388 e. The summed E-state index contributed by atoms with van der Waals surface area (Å²) in [5.74, 6) is -0.460. The van der Waals surface area contributed by atoms with E-state index >= 15 is 0 Å². The summed E-state index contributed by atoms with van der Waals surface area (Å²) in [4.78, 5) is 0. The third-order valence-electron chi connectivity index (χ3n) is 1.22. The summed E-state index contributed by atoms with van der Waals surface area (Å²) in [5.41, 5.74) is -0.136. The van der Waals surface area contributed by atoms with Gasteiger partial charge in [0.2, 0.25) is 0 Å². The highest BCUT2D eigenvalue weighted by Gasteiger charge is 2.02. The maximum Gasteiger partial charge on any atom is 0.292 e. The average molecular weight is 162 g/mol. The second-order valence-electron chi connectivity index (χ2n) is 1.95. The van der Waals surface area contributed by atoms with Gasteiger partial charge in [-0.15, -0.1) is 5.26 Å². The molecular weight excluding hydrogens is 159 g/mol. The van der Waals surface area contributed by atoms with Crippen LogP contribution in [0.1, 0.15) is 5.56 Å². The molecule has 0 aliphatic heterocycles. The Morgan fingerprint density at radius 1 is 1.33 bits per heavy atom. The maximum atomic E-state index is 12.6. The van der Waals surface area contributed by atoms with Crippen LogP contribution >= 0.6 is 0 Å². The summed E-state index contributed by atoms with van der Waals surface area (Å²) in [6.07, 6.45) is 1.42. The Kier molecular flexibility index (Phi) is 2.25. The second-order valence-corrected chi connectivity index (χ2v) is 1.95. The smallest absolute Gasteiger partial charge is 0.292 e. The molecule has 1 aromatic carbocycles. The van der Waals surface area contributed by atoms with E-state index in [1.807, 2.05) is 0 Å². The zero-order chi connectivity index (χ0) is 8.97. The molecule has 0 saturated heterocycles. The Hall–Kier alpha value is -2.07. The third kappa shape index (κ3) is 1.50. The molecule has 0 amide bonds. The Morgan fingerprint density at radius 3 is 2.67 bits per heavy atom. The lowest BCUT2D eigenvalue weighted by Gasteiger charge is -1.95. The highest BCUT2D eigenvalue weighted by Crippen LogP contribution is 2.15. The first-order valence-electron chi connectivity index (χ1n) is 3.03. The van der Waals surface area contributed by atoms with Crippen LogP contribution in [0, 0.1) is 28.7 Å². The average Bonchev–Trinajstić information content (AvgIpc) is 2.09. The van der Waals surface area contributed by atoms with Gasteiger partial charge in [-0.1, -0.05) is 0 Å². The summed E-state index contributed by atoms with van der Waals surface area (Å²) >= 11 is 0. The van der Waals surface area contributed by atoms with E-state index in [-0.39, 0.29) is 11.3 Å². The van der Waals surface area contributed by atoms with Gasteiger partial charge >= 0.3 is 0 Å². The first kappa shape index (κ1) is 8.03. The van der Waals surface area contributed by atoms with E-state index < -0.39 is 5.82 Å². The van der Waals surface area contributed by atoms with Crippen molar-refractivity contribution in [1.29, 1.82) is 10.5 Å². The van der Waals surface area contributed by atoms with Gasteiger partial charge in [-0.25, -0.2) is 4.39 Å². The van der Waals surface area contributed by atoms with Crippen LogP contribution in [0.4, 0.5) is 4.39 Å². The standard InChI is InChI=1S/C8H3FN2O/c9-8-2-1-7(12-5-11)3-6(8)4-10/h1-3H. The molecule has 58 valence electrons. The fraction of sp³-hybridized carbons (Fsp3) is 0. The number of hydrogen-bond donors (Lipinski definition) is 0. The van der Waals surface area contributed by atoms with E-state index in [0.29, 0.717) is 0 Å². The van der Waals surface area contributed by atoms with E-state index in [2.05, 4.69) is 4.74 Å². The fourth-order valence-electron chi connectivity index (χ4n) is 0.706. The van der Waals surface area contributed by atoms with Crippen molar-refractivity contribution in [2.75, 3.05) is 0 Å². The molecule has 0 bridgehead atoms. The van der Waals surface area contributed by atoms with E-state index in [9.17, 15) is 4.39 Å². The zero-order valence-electron chi connectivity index (χ0n) is 5.91. The van der Waals surface area contributed by atoms with Gasteiger partial charge < -0.3 is 4.74 Å². The lowest BCUT2D eigenvalue weighted by Crippen LogP contribution is -1.86. The van der Waals surface area contributed by atoms with E-state index in [1.165, 1.54) is 18.4 Å². The molecule has 0 unspecified atom stereocenters. The minimum atomic E-state index is -0.622. The lowest BCUT2D eigenvalue weighted by molar-refractivity contribution is 0.504. The zero-order valence-corrected chi connectivity index (χ0v) is 5.91. The Bertz CT molecular complexity index is 376. The Labute approximate surface area is 68.2 Å². The third-order valence-corrected chi connectivity index (χ3v) is 1.22. The predicted octanol–water partition coefficient (Wildman–Crippen LogP) is 1.56. The molecule has 4 heteroatoms. The number of benzene rings is 1. The predicted molar refractivity (Wildman–Crippen MR) is 37.4 cm³/mol. The van der Waals surface area contributed by atoms with Crippen molar-refractivity contribution in [2.24, 2.45) is 0 Å². The molecular formula is C8H3FN2O. The summed E-state index contributed by atoms with van der Waals surface area (Å²) < 4.78 is 17.0. The number of rotatable bonds is 1. The molecule has 0 saturated carbocycles. The van der Waals surface area contributed by atoms with Gasteiger partial charge in [0.25, 0.3) is 6.26 Å². The van der Waals surface area contributed by atoms with Gasteiger partial charge in [-0.2, -0.15) is 5.26 Å². The van der Waals surface area contributed by atoms with E-state index in [1.54, 1.807) is 6.07 Å². The minimum absolute atomic E-state index is 0.136.